The fraction of sp³-hybridized carbons (Fsp3) is 0.538. The molecule has 0 amide bonds. The van der Waals surface area contributed by atoms with Crippen molar-refractivity contribution in [2.45, 2.75) is 37.5 Å². The number of primary sulfonamides is 1. The Morgan fingerprint density at radius 2 is 1.95 bits per heavy atom. The van der Waals surface area contributed by atoms with E-state index in [4.69, 9.17) is 9.88 Å². The predicted molar refractivity (Wildman–Crippen MR) is 73.1 cm³/mol. The van der Waals surface area contributed by atoms with Crippen LogP contribution in [0.3, 0.4) is 0 Å². The lowest BCUT2D eigenvalue weighted by atomic mass is 10.1. The van der Waals surface area contributed by atoms with Crippen molar-refractivity contribution in [3.8, 4) is 0 Å². The third-order valence-corrected chi connectivity index (χ3v) is 4.15. The van der Waals surface area contributed by atoms with E-state index in [0.717, 1.165) is 19.2 Å². The number of nitrogens with two attached hydrogens (primary N) is 1. The fourth-order valence-corrected chi connectivity index (χ4v) is 3.01. The first-order valence-electron chi connectivity index (χ1n) is 6.45. The molecule has 5 nitrogen and oxygen atoms in total. The standard InChI is InChI=1S/C13H19FN2O3S/c1-9-6-16(7-10(2)19-9)8-11-3-4-12(5-13(11)14)20(15,17)18/h3-5,9-10H,6-8H2,1-2H3,(H2,15,17,18)/t9-,10-/m1/s1. The molecule has 0 bridgehead atoms. The van der Waals surface area contributed by atoms with Crippen LogP contribution in [0.4, 0.5) is 4.39 Å². The second-order valence-corrected chi connectivity index (χ2v) is 6.81. The molecule has 0 aromatic heterocycles. The van der Waals surface area contributed by atoms with Gasteiger partial charge in [0.1, 0.15) is 5.82 Å². The van der Waals surface area contributed by atoms with Gasteiger partial charge in [-0.05, 0) is 26.0 Å². The maximum atomic E-state index is 14.0. The zero-order valence-electron chi connectivity index (χ0n) is 11.5. The maximum Gasteiger partial charge on any atom is 0.238 e. The van der Waals surface area contributed by atoms with Crippen LogP contribution in [0, 0.1) is 5.82 Å². The number of hydrogen-bond donors (Lipinski definition) is 1. The second kappa shape index (κ2) is 5.77. The van der Waals surface area contributed by atoms with Crippen LogP contribution in [0.2, 0.25) is 0 Å². The van der Waals surface area contributed by atoms with E-state index in [9.17, 15) is 12.8 Å². The normalized spacial score (nSPS) is 24.8. The lowest BCUT2D eigenvalue weighted by Crippen LogP contribution is -2.44. The first kappa shape index (κ1) is 15.4. The molecule has 2 atom stereocenters. The van der Waals surface area contributed by atoms with Gasteiger partial charge in [-0.1, -0.05) is 6.07 Å². The highest BCUT2D eigenvalue weighted by molar-refractivity contribution is 7.89. The lowest BCUT2D eigenvalue weighted by molar-refractivity contribution is -0.0707. The first-order chi connectivity index (χ1) is 9.25. The van der Waals surface area contributed by atoms with E-state index in [1.807, 2.05) is 13.8 Å². The number of benzene rings is 1. The molecule has 0 aliphatic carbocycles. The average molecular weight is 302 g/mol. The van der Waals surface area contributed by atoms with Gasteiger partial charge in [0.15, 0.2) is 0 Å². The first-order valence-corrected chi connectivity index (χ1v) is 7.99. The summed E-state index contributed by atoms with van der Waals surface area (Å²) in [6.45, 7) is 5.82. The van der Waals surface area contributed by atoms with Gasteiger partial charge in [-0.15, -0.1) is 0 Å². The summed E-state index contributed by atoms with van der Waals surface area (Å²) in [6, 6.07) is 3.78. The van der Waals surface area contributed by atoms with Crippen molar-refractivity contribution in [1.82, 2.24) is 4.90 Å². The zero-order chi connectivity index (χ0) is 14.9. The smallest absolute Gasteiger partial charge is 0.238 e. The van der Waals surface area contributed by atoms with Gasteiger partial charge >= 0.3 is 0 Å². The SMILES string of the molecule is C[C@@H]1CN(Cc2ccc(S(N)(=O)=O)cc2F)C[C@@H](C)O1. The second-order valence-electron chi connectivity index (χ2n) is 5.25. The molecule has 7 heteroatoms. The van der Waals surface area contributed by atoms with E-state index in [2.05, 4.69) is 4.90 Å². The summed E-state index contributed by atoms with van der Waals surface area (Å²) < 4.78 is 41.9. The Hall–Kier alpha value is -1.02. The molecule has 0 radical (unpaired) electrons. The molecule has 2 N–H and O–H groups in total. The van der Waals surface area contributed by atoms with E-state index in [-0.39, 0.29) is 17.1 Å². The molecule has 1 aromatic carbocycles. The Morgan fingerprint density at radius 1 is 1.35 bits per heavy atom. The molecule has 1 aromatic rings. The third-order valence-electron chi connectivity index (χ3n) is 3.24. The Bertz CT molecular complexity index is 581. The third kappa shape index (κ3) is 3.76. The van der Waals surface area contributed by atoms with Crippen LogP contribution in [0.25, 0.3) is 0 Å². The quantitative estimate of drug-likeness (QED) is 0.907. The summed E-state index contributed by atoms with van der Waals surface area (Å²) in [5.74, 6) is -0.552. The van der Waals surface area contributed by atoms with Crippen molar-refractivity contribution in [3.63, 3.8) is 0 Å². The molecular formula is C13H19FN2O3S. The van der Waals surface area contributed by atoms with E-state index in [1.165, 1.54) is 12.1 Å². The van der Waals surface area contributed by atoms with Crippen molar-refractivity contribution in [2.75, 3.05) is 13.1 Å². The van der Waals surface area contributed by atoms with E-state index >= 15 is 0 Å². The van der Waals surface area contributed by atoms with Crippen LogP contribution in [0.5, 0.6) is 0 Å². The molecule has 1 saturated heterocycles. The summed E-state index contributed by atoms with van der Waals surface area (Å²) in [6.07, 6.45) is 0.205. The predicted octanol–water partition coefficient (Wildman–Crippen LogP) is 1.08. The number of ether oxygens (including phenoxy) is 1. The Labute approximate surface area is 118 Å². The van der Waals surface area contributed by atoms with Crippen molar-refractivity contribution in [2.24, 2.45) is 5.14 Å². The van der Waals surface area contributed by atoms with E-state index < -0.39 is 15.8 Å². The van der Waals surface area contributed by atoms with Crippen molar-refractivity contribution < 1.29 is 17.5 Å². The summed E-state index contributed by atoms with van der Waals surface area (Å²) in [7, 11) is -3.87. The van der Waals surface area contributed by atoms with Gasteiger partial charge in [0.2, 0.25) is 10.0 Å². The molecule has 1 aliphatic heterocycles. The highest BCUT2D eigenvalue weighted by Gasteiger charge is 2.23. The van der Waals surface area contributed by atoms with Crippen LogP contribution < -0.4 is 5.14 Å². The molecule has 20 heavy (non-hydrogen) atoms. The van der Waals surface area contributed by atoms with Gasteiger partial charge in [0.25, 0.3) is 0 Å². The van der Waals surface area contributed by atoms with Gasteiger partial charge in [0.05, 0.1) is 17.1 Å². The minimum absolute atomic E-state index is 0.102. The molecule has 1 fully saturated rings. The number of hydrogen-bond acceptors (Lipinski definition) is 4. The highest BCUT2D eigenvalue weighted by atomic mass is 32.2. The van der Waals surface area contributed by atoms with Gasteiger partial charge in [-0.25, -0.2) is 17.9 Å². The van der Waals surface area contributed by atoms with Crippen LogP contribution in [-0.4, -0.2) is 38.6 Å². The van der Waals surface area contributed by atoms with Gasteiger partial charge in [-0.3, -0.25) is 4.90 Å². The minimum atomic E-state index is -3.87. The van der Waals surface area contributed by atoms with Crippen LogP contribution in [0.15, 0.2) is 23.1 Å². The van der Waals surface area contributed by atoms with E-state index in [1.54, 1.807) is 0 Å². The zero-order valence-corrected chi connectivity index (χ0v) is 12.4. The van der Waals surface area contributed by atoms with Crippen LogP contribution in [-0.2, 0) is 21.3 Å². The Kier molecular flexibility index (Phi) is 4.43. The summed E-state index contributed by atoms with van der Waals surface area (Å²) in [4.78, 5) is 1.89. The topological polar surface area (TPSA) is 72.6 Å². The number of morpholine rings is 1. The van der Waals surface area contributed by atoms with Gasteiger partial charge < -0.3 is 4.74 Å². The van der Waals surface area contributed by atoms with Crippen LogP contribution >= 0.6 is 0 Å². The maximum absolute atomic E-state index is 14.0. The monoisotopic (exact) mass is 302 g/mol. The number of rotatable bonds is 3. The molecule has 1 heterocycles. The number of halogens is 1. The minimum Gasteiger partial charge on any atom is -0.373 e. The number of nitrogens with zero attached hydrogens (tertiary/aromatic N) is 1. The van der Waals surface area contributed by atoms with Gasteiger partial charge in [-0.2, -0.15) is 0 Å². The molecule has 1 aliphatic rings. The van der Waals surface area contributed by atoms with Crippen molar-refractivity contribution >= 4 is 10.0 Å². The summed E-state index contributed by atoms with van der Waals surface area (Å²) in [5, 5.41) is 4.97. The molecule has 2 rings (SSSR count). The lowest BCUT2D eigenvalue weighted by Gasteiger charge is -2.35. The van der Waals surface area contributed by atoms with Crippen molar-refractivity contribution in [3.05, 3.63) is 29.6 Å². The Morgan fingerprint density at radius 3 is 2.45 bits per heavy atom. The molecule has 112 valence electrons. The van der Waals surface area contributed by atoms with Crippen molar-refractivity contribution in [1.29, 1.82) is 0 Å². The molecule has 0 saturated carbocycles. The number of sulfonamides is 1. The fourth-order valence-electron chi connectivity index (χ4n) is 2.49. The molecule has 0 unspecified atom stereocenters. The van der Waals surface area contributed by atoms with E-state index in [0.29, 0.717) is 12.1 Å². The van der Waals surface area contributed by atoms with Gasteiger partial charge in [0, 0.05) is 25.2 Å². The van der Waals surface area contributed by atoms with Crippen LogP contribution in [0.1, 0.15) is 19.4 Å². The largest absolute Gasteiger partial charge is 0.373 e. The summed E-state index contributed by atoms with van der Waals surface area (Å²) >= 11 is 0. The molecular weight excluding hydrogens is 283 g/mol. The average Bonchev–Trinajstić information content (AvgIpc) is 2.29. The Balaban J connectivity index is 2.14. The highest BCUT2D eigenvalue weighted by Crippen LogP contribution is 2.18. The molecule has 0 spiro atoms. The summed E-state index contributed by atoms with van der Waals surface area (Å²) in [5.41, 5.74) is 0.457.